The molecule has 8 heteroatoms. The quantitative estimate of drug-likeness (QED) is 0.341. The van der Waals surface area contributed by atoms with Crippen LogP contribution in [0.25, 0.3) is 0 Å². The van der Waals surface area contributed by atoms with E-state index < -0.39 is 4.92 Å². The summed E-state index contributed by atoms with van der Waals surface area (Å²) in [5.41, 5.74) is 0. The molecular weight excluding hydrogens is 228 g/mol. The SMILES string of the molecule is CCOCNC1COc2nc([N+](=O)[O-])cn2C1. The second-order valence-electron chi connectivity index (χ2n) is 3.64. The molecule has 0 fully saturated rings. The smallest absolute Gasteiger partial charge is 0.414 e. The van der Waals surface area contributed by atoms with E-state index in [-0.39, 0.29) is 11.9 Å². The number of fused-ring (bicyclic) bond motifs is 1. The largest absolute Gasteiger partial charge is 0.444 e. The summed E-state index contributed by atoms with van der Waals surface area (Å²) in [5.74, 6) is -0.189. The van der Waals surface area contributed by atoms with Gasteiger partial charge in [0.15, 0.2) is 0 Å². The van der Waals surface area contributed by atoms with Crippen molar-refractivity contribution in [3.8, 4) is 6.01 Å². The van der Waals surface area contributed by atoms with E-state index in [9.17, 15) is 10.1 Å². The van der Waals surface area contributed by atoms with Crippen molar-refractivity contribution in [2.45, 2.75) is 19.5 Å². The van der Waals surface area contributed by atoms with Gasteiger partial charge in [-0.15, -0.1) is 0 Å². The van der Waals surface area contributed by atoms with Crippen molar-refractivity contribution >= 4 is 5.82 Å². The van der Waals surface area contributed by atoms with Gasteiger partial charge in [0.2, 0.25) is 0 Å². The third-order valence-corrected chi connectivity index (χ3v) is 2.42. The zero-order chi connectivity index (χ0) is 12.3. The van der Waals surface area contributed by atoms with Crippen LogP contribution in [0.3, 0.4) is 0 Å². The molecule has 1 aliphatic heterocycles. The maximum absolute atomic E-state index is 10.5. The van der Waals surface area contributed by atoms with Crippen LogP contribution in [0, 0.1) is 10.1 Å². The number of nitro groups is 1. The third kappa shape index (κ3) is 2.71. The second kappa shape index (κ2) is 5.11. The highest BCUT2D eigenvalue weighted by Crippen LogP contribution is 2.21. The first-order valence-electron chi connectivity index (χ1n) is 5.36. The van der Waals surface area contributed by atoms with Gasteiger partial charge in [-0.25, -0.2) is 0 Å². The molecule has 1 unspecified atom stereocenters. The van der Waals surface area contributed by atoms with Gasteiger partial charge in [-0.2, -0.15) is 0 Å². The summed E-state index contributed by atoms with van der Waals surface area (Å²) in [7, 11) is 0. The summed E-state index contributed by atoms with van der Waals surface area (Å²) in [4.78, 5) is 13.8. The zero-order valence-corrected chi connectivity index (χ0v) is 9.46. The Morgan fingerprint density at radius 1 is 1.82 bits per heavy atom. The molecule has 1 atom stereocenters. The van der Waals surface area contributed by atoms with E-state index >= 15 is 0 Å². The number of hydrogen-bond acceptors (Lipinski definition) is 6. The van der Waals surface area contributed by atoms with Gasteiger partial charge in [-0.3, -0.25) is 9.88 Å². The van der Waals surface area contributed by atoms with Gasteiger partial charge in [0, 0.05) is 18.1 Å². The van der Waals surface area contributed by atoms with E-state index in [1.807, 2.05) is 6.92 Å². The van der Waals surface area contributed by atoms with Crippen LogP contribution in [0.5, 0.6) is 6.01 Å². The number of hydrogen-bond donors (Lipinski definition) is 1. The van der Waals surface area contributed by atoms with Crippen LogP contribution in [0.1, 0.15) is 6.92 Å². The lowest BCUT2D eigenvalue weighted by atomic mass is 10.3. The molecule has 17 heavy (non-hydrogen) atoms. The Morgan fingerprint density at radius 2 is 2.65 bits per heavy atom. The van der Waals surface area contributed by atoms with Crippen molar-refractivity contribution < 1.29 is 14.4 Å². The number of rotatable bonds is 5. The Hall–Kier alpha value is -1.67. The first-order chi connectivity index (χ1) is 8.20. The van der Waals surface area contributed by atoms with Crippen LogP contribution < -0.4 is 10.1 Å². The van der Waals surface area contributed by atoms with Crippen molar-refractivity contribution in [3.05, 3.63) is 16.3 Å². The summed E-state index contributed by atoms with van der Waals surface area (Å²) >= 11 is 0. The highest BCUT2D eigenvalue weighted by atomic mass is 16.6. The normalized spacial score (nSPS) is 18.5. The predicted molar refractivity (Wildman–Crippen MR) is 57.8 cm³/mol. The highest BCUT2D eigenvalue weighted by Gasteiger charge is 2.27. The molecule has 0 bridgehead atoms. The minimum atomic E-state index is -0.530. The molecule has 0 radical (unpaired) electrons. The van der Waals surface area contributed by atoms with Gasteiger partial charge in [0.1, 0.15) is 12.8 Å². The third-order valence-electron chi connectivity index (χ3n) is 2.42. The molecule has 8 nitrogen and oxygen atoms in total. The molecule has 2 heterocycles. The van der Waals surface area contributed by atoms with Crippen molar-refractivity contribution in [3.63, 3.8) is 0 Å². The first-order valence-corrected chi connectivity index (χ1v) is 5.36. The monoisotopic (exact) mass is 242 g/mol. The minimum absolute atomic E-state index is 0.0721. The van der Waals surface area contributed by atoms with Crippen LogP contribution >= 0.6 is 0 Å². The molecule has 1 N–H and O–H groups in total. The van der Waals surface area contributed by atoms with E-state index in [4.69, 9.17) is 9.47 Å². The number of ether oxygens (including phenoxy) is 2. The Kier molecular flexibility index (Phi) is 3.55. The average molecular weight is 242 g/mol. The summed E-state index contributed by atoms with van der Waals surface area (Å²) in [6.07, 6.45) is 1.38. The lowest BCUT2D eigenvalue weighted by molar-refractivity contribution is -0.389. The van der Waals surface area contributed by atoms with Crippen LogP contribution in [0.15, 0.2) is 6.20 Å². The zero-order valence-electron chi connectivity index (χ0n) is 9.46. The maximum atomic E-state index is 10.5. The van der Waals surface area contributed by atoms with Gasteiger partial charge in [0.25, 0.3) is 0 Å². The molecule has 94 valence electrons. The van der Waals surface area contributed by atoms with Crippen molar-refractivity contribution in [1.29, 1.82) is 0 Å². The standard InChI is InChI=1S/C9H14N4O4/c1-2-16-6-10-7-3-12-4-8(13(14)15)11-9(12)17-5-7/h4,7,10H,2-3,5-6H2,1H3. The molecule has 1 aliphatic rings. The fourth-order valence-electron chi connectivity index (χ4n) is 1.59. The maximum Gasteiger partial charge on any atom is 0.414 e. The molecular formula is C9H14N4O4. The Balaban J connectivity index is 1.96. The Morgan fingerprint density at radius 3 is 3.35 bits per heavy atom. The summed E-state index contributed by atoms with van der Waals surface area (Å²) in [6.45, 7) is 4.01. The number of nitrogens with zero attached hydrogens (tertiary/aromatic N) is 3. The fourth-order valence-corrected chi connectivity index (χ4v) is 1.59. The number of aromatic nitrogens is 2. The average Bonchev–Trinajstić information content (AvgIpc) is 2.72. The first kappa shape index (κ1) is 11.8. The van der Waals surface area contributed by atoms with Gasteiger partial charge in [-0.05, 0) is 11.8 Å². The van der Waals surface area contributed by atoms with Crippen molar-refractivity contribution in [2.75, 3.05) is 19.9 Å². The van der Waals surface area contributed by atoms with Gasteiger partial charge >= 0.3 is 11.8 Å². The molecule has 1 aromatic heterocycles. The van der Waals surface area contributed by atoms with E-state index in [0.29, 0.717) is 32.5 Å². The minimum Gasteiger partial charge on any atom is -0.444 e. The molecule has 2 rings (SSSR count). The molecule has 0 aromatic carbocycles. The number of nitrogens with one attached hydrogen (secondary N) is 1. The molecule has 0 spiro atoms. The van der Waals surface area contributed by atoms with Crippen LogP contribution in [-0.4, -0.2) is 40.5 Å². The summed E-state index contributed by atoms with van der Waals surface area (Å²) in [5, 5.41) is 13.7. The van der Waals surface area contributed by atoms with E-state index in [1.54, 1.807) is 4.57 Å². The Bertz CT molecular complexity index is 406. The predicted octanol–water partition coefficient (Wildman–Crippen LogP) is 0.136. The highest BCUT2D eigenvalue weighted by molar-refractivity contribution is 5.21. The van der Waals surface area contributed by atoms with E-state index in [2.05, 4.69) is 10.3 Å². The lowest BCUT2D eigenvalue weighted by Crippen LogP contribution is -2.42. The Labute approximate surface area is 97.7 Å². The molecule has 0 saturated carbocycles. The molecule has 0 amide bonds. The summed E-state index contributed by atoms with van der Waals surface area (Å²) < 4.78 is 12.1. The topological polar surface area (TPSA) is 91.4 Å². The van der Waals surface area contributed by atoms with Crippen molar-refractivity contribution in [2.24, 2.45) is 0 Å². The van der Waals surface area contributed by atoms with Crippen LogP contribution in [0.4, 0.5) is 5.82 Å². The van der Waals surface area contributed by atoms with Gasteiger partial charge in [0.05, 0.1) is 12.8 Å². The van der Waals surface area contributed by atoms with Gasteiger partial charge < -0.3 is 19.6 Å². The van der Waals surface area contributed by atoms with Crippen LogP contribution in [0.2, 0.25) is 0 Å². The van der Waals surface area contributed by atoms with Crippen molar-refractivity contribution in [1.82, 2.24) is 14.9 Å². The van der Waals surface area contributed by atoms with E-state index in [1.165, 1.54) is 6.20 Å². The molecule has 0 saturated heterocycles. The van der Waals surface area contributed by atoms with E-state index in [0.717, 1.165) is 0 Å². The summed E-state index contributed by atoms with van der Waals surface area (Å²) in [6, 6.07) is 0.369. The molecule has 0 aliphatic carbocycles. The van der Waals surface area contributed by atoms with Gasteiger partial charge in [-0.1, -0.05) is 0 Å². The van der Waals surface area contributed by atoms with Crippen LogP contribution in [-0.2, 0) is 11.3 Å². The molecule has 1 aromatic rings. The lowest BCUT2D eigenvalue weighted by Gasteiger charge is -2.22. The number of imidazole rings is 1. The second-order valence-corrected chi connectivity index (χ2v) is 3.64. The fraction of sp³-hybridized carbons (Fsp3) is 0.667.